The number of ketones is 1. The Kier molecular flexibility index (Phi) is 5.66. The third-order valence-corrected chi connectivity index (χ3v) is 5.56. The number of benzene rings is 1. The molecule has 1 atom stereocenters. The number of amides is 1. The summed E-state index contributed by atoms with van der Waals surface area (Å²) in [5.74, 6) is -1.42. The molecule has 1 aromatic carbocycles. The molecular formula is C24H24N4O3. The third kappa shape index (κ3) is 3.99. The molecule has 0 spiro atoms. The maximum atomic E-state index is 13.1. The van der Waals surface area contributed by atoms with Crippen LogP contribution < -0.4 is 0 Å². The van der Waals surface area contributed by atoms with E-state index in [1.54, 1.807) is 31.0 Å². The summed E-state index contributed by atoms with van der Waals surface area (Å²) in [5, 5.41) is 11.2. The molecule has 1 N–H and O–H groups in total. The SMILES string of the molecule is Cc1ccc(C)c(C(O)=C2C(=O)C(=O)N(CCCn3ccnc3)[C@@H]2c2cccnc2)c1. The molecule has 3 aromatic rings. The van der Waals surface area contributed by atoms with Crippen molar-refractivity contribution in [1.29, 1.82) is 0 Å². The zero-order valence-electron chi connectivity index (χ0n) is 17.5. The van der Waals surface area contributed by atoms with Crippen LogP contribution in [-0.4, -0.2) is 42.8 Å². The normalized spacial score (nSPS) is 18.0. The summed E-state index contributed by atoms with van der Waals surface area (Å²) in [5.41, 5.74) is 3.15. The first-order valence-corrected chi connectivity index (χ1v) is 10.2. The van der Waals surface area contributed by atoms with Crippen LogP contribution in [0.15, 0.2) is 67.0 Å². The van der Waals surface area contributed by atoms with E-state index in [0.29, 0.717) is 30.6 Å². The van der Waals surface area contributed by atoms with Gasteiger partial charge in [0, 0.05) is 43.4 Å². The number of aliphatic hydroxyl groups is 1. The number of Topliss-reactive ketones (excluding diaryl/α,β-unsaturated/α-hetero) is 1. The van der Waals surface area contributed by atoms with Crippen LogP contribution in [0, 0.1) is 13.8 Å². The molecule has 1 aliphatic rings. The van der Waals surface area contributed by atoms with Crippen molar-refractivity contribution in [2.75, 3.05) is 6.54 Å². The van der Waals surface area contributed by atoms with Crippen molar-refractivity contribution in [3.8, 4) is 0 Å². The molecule has 7 heteroatoms. The Hall–Kier alpha value is -3.74. The highest BCUT2D eigenvalue weighted by Gasteiger charge is 2.46. The van der Waals surface area contributed by atoms with Gasteiger partial charge < -0.3 is 14.6 Å². The fourth-order valence-corrected chi connectivity index (χ4v) is 3.97. The van der Waals surface area contributed by atoms with Crippen LogP contribution >= 0.6 is 0 Å². The van der Waals surface area contributed by atoms with Gasteiger partial charge in [0.25, 0.3) is 11.7 Å². The van der Waals surface area contributed by atoms with E-state index in [4.69, 9.17) is 0 Å². The van der Waals surface area contributed by atoms with Crippen molar-refractivity contribution in [3.63, 3.8) is 0 Å². The summed E-state index contributed by atoms with van der Waals surface area (Å²) in [4.78, 5) is 35.8. The number of aliphatic hydroxyl groups excluding tert-OH is 1. The number of rotatable bonds is 6. The van der Waals surface area contributed by atoms with Gasteiger partial charge in [-0.15, -0.1) is 0 Å². The van der Waals surface area contributed by atoms with E-state index < -0.39 is 17.7 Å². The van der Waals surface area contributed by atoms with Crippen molar-refractivity contribution < 1.29 is 14.7 Å². The van der Waals surface area contributed by atoms with E-state index >= 15 is 0 Å². The molecule has 1 fully saturated rings. The first kappa shape index (κ1) is 20.5. The van der Waals surface area contributed by atoms with Gasteiger partial charge in [0.2, 0.25) is 0 Å². The van der Waals surface area contributed by atoms with Crippen LogP contribution in [0.3, 0.4) is 0 Å². The van der Waals surface area contributed by atoms with Gasteiger partial charge in [-0.05, 0) is 43.5 Å². The van der Waals surface area contributed by atoms with Gasteiger partial charge in [-0.25, -0.2) is 4.98 Å². The van der Waals surface area contributed by atoms with E-state index in [0.717, 1.165) is 11.1 Å². The largest absolute Gasteiger partial charge is 0.507 e. The minimum atomic E-state index is -0.684. The lowest BCUT2D eigenvalue weighted by Gasteiger charge is -2.25. The van der Waals surface area contributed by atoms with Crippen LogP contribution in [0.25, 0.3) is 5.76 Å². The Morgan fingerprint density at radius 2 is 1.94 bits per heavy atom. The van der Waals surface area contributed by atoms with Crippen molar-refractivity contribution in [2.45, 2.75) is 32.9 Å². The van der Waals surface area contributed by atoms with Gasteiger partial charge >= 0.3 is 0 Å². The Morgan fingerprint density at radius 1 is 1.10 bits per heavy atom. The van der Waals surface area contributed by atoms with E-state index in [1.165, 1.54) is 4.90 Å². The number of aryl methyl sites for hydroxylation is 3. The number of nitrogens with zero attached hydrogens (tertiary/aromatic N) is 4. The number of aromatic nitrogens is 3. The molecule has 1 aliphatic heterocycles. The lowest BCUT2D eigenvalue weighted by atomic mass is 9.94. The average molecular weight is 416 g/mol. The summed E-state index contributed by atoms with van der Waals surface area (Å²) in [6.07, 6.45) is 9.19. The fraction of sp³-hybridized carbons (Fsp3) is 0.250. The quantitative estimate of drug-likeness (QED) is 0.378. The Morgan fingerprint density at radius 3 is 2.65 bits per heavy atom. The summed E-state index contributed by atoms with van der Waals surface area (Å²) in [6.45, 7) is 4.82. The first-order valence-electron chi connectivity index (χ1n) is 10.2. The van der Waals surface area contributed by atoms with Gasteiger partial charge in [0.05, 0.1) is 17.9 Å². The van der Waals surface area contributed by atoms with Gasteiger partial charge in [-0.2, -0.15) is 0 Å². The van der Waals surface area contributed by atoms with Gasteiger partial charge in [0.15, 0.2) is 0 Å². The maximum absolute atomic E-state index is 13.1. The summed E-state index contributed by atoms with van der Waals surface area (Å²) < 4.78 is 1.92. The fourth-order valence-electron chi connectivity index (χ4n) is 3.97. The van der Waals surface area contributed by atoms with Crippen molar-refractivity contribution in [1.82, 2.24) is 19.4 Å². The highest BCUT2D eigenvalue weighted by atomic mass is 16.3. The summed E-state index contributed by atoms with van der Waals surface area (Å²) in [7, 11) is 0. The van der Waals surface area contributed by atoms with E-state index in [9.17, 15) is 14.7 Å². The zero-order valence-corrected chi connectivity index (χ0v) is 17.5. The second kappa shape index (κ2) is 8.55. The van der Waals surface area contributed by atoms with Crippen molar-refractivity contribution in [3.05, 3.63) is 89.3 Å². The number of hydrogen-bond donors (Lipinski definition) is 1. The molecule has 2 aromatic heterocycles. The number of imidazole rings is 1. The summed E-state index contributed by atoms with van der Waals surface area (Å²) >= 11 is 0. The number of pyridine rings is 1. The standard InChI is InChI=1S/C24H24N4O3/c1-16-6-7-17(2)19(13-16)22(29)20-21(18-5-3-8-25-14-18)28(24(31)23(20)30)11-4-10-27-12-9-26-15-27/h3,5-9,12-15,21,29H,4,10-11H2,1-2H3/t21-/m1/s1. The molecule has 7 nitrogen and oxygen atoms in total. The van der Waals surface area contributed by atoms with Crippen LogP contribution in [0.2, 0.25) is 0 Å². The van der Waals surface area contributed by atoms with Crippen molar-refractivity contribution in [2.24, 2.45) is 0 Å². The van der Waals surface area contributed by atoms with E-state index in [-0.39, 0.29) is 11.3 Å². The maximum Gasteiger partial charge on any atom is 0.295 e. The van der Waals surface area contributed by atoms with E-state index in [1.807, 2.05) is 48.9 Å². The smallest absolute Gasteiger partial charge is 0.295 e. The molecule has 0 aliphatic carbocycles. The molecule has 31 heavy (non-hydrogen) atoms. The van der Waals surface area contributed by atoms with Crippen LogP contribution in [0.1, 0.15) is 34.7 Å². The second-order valence-electron chi connectivity index (χ2n) is 7.75. The predicted octanol–water partition coefficient (Wildman–Crippen LogP) is 3.41. The number of carbonyl (C=O) groups excluding carboxylic acids is 2. The molecule has 0 bridgehead atoms. The molecule has 4 rings (SSSR count). The molecule has 0 saturated carbocycles. The van der Waals surface area contributed by atoms with Gasteiger partial charge in [-0.3, -0.25) is 14.6 Å². The van der Waals surface area contributed by atoms with Crippen LogP contribution in [0.5, 0.6) is 0 Å². The number of hydrogen-bond acceptors (Lipinski definition) is 5. The summed E-state index contributed by atoms with van der Waals surface area (Å²) in [6, 6.07) is 8.57. The molecule has 0 unspecified atom stereocenters. The highest BCUT2D eigenvalue weighted by molar-refractivity contribution is 6.46. The van der Waals surface area contributed by atoms with Crippen LogP contribution in [-0.2, 0) is 16.1 Å². The number of likely N-dealkylation sites (tertiary alicyclic amines) is 1. The topological polar surface area (TPSA) is 88.3 Å². The van der Waals surface area contributed by atoms with Crippen molar-refractivity contribution >= 4 is 17.4 Å². The Labute approximate surface area is 180 Å². The monoisotopic (exact) mass is 416 g/mol. The molecule has 1 saturated heterocycles. The van der Waals surface area contributed by atoms with Crippen LogP contribution in [0.4, 0.5) is 0 Å². The second-order valence-corrected chi connectivity index (χ2v) is 7.75. The van der Waals surface area contributed by atoms with Gasteiger partial charge in [0.1, 0.15) is 5.76 Å². The molecule has 3 heterocycles. The lowest BCUT2D eigenvalue weighted by molar-refractivity contribution is -0.139. The Balaban J connectivity index is 1.75. The van der Waals surface area contributed by atoms with Gasteiger partial charge in [-0.1, -0.05) is 23.8 Å². The number of carbonyl (C=O) groups is 2. The first-order chi connectivity index (χ1) is 15.0. The zero-order chi connectivity index (χ0) is 22.0. The average Bonchev–Trinajstić information content (AvgIpc) is 3.38. The molecule has 1 amide bonds. The molecular weight excluding hydrogens is 392 g/mol. The lowest BCUT2D eigenvalue weighted by Crippen LogP contribution is -2.31. The molecule has 158 valence electrons. The molecule has 0 radical (unpaired) electrons. The van der Waals surface area contributed by atoms with E-state index in [2.05, 4.69) is 9.97 Å². The minimum Gasteiger partial charge on any atom is -0.507 e. The highest BCUT2D eigenvalue weighted by Crippen LogP contribution is 2.39. The minimum absolute atomic E-state index is 0.106. The predicted molar refractivity (Wildman–Crippen MR) is 116 cm³/mol. The Bertz CT molecular complexity index is 1140. The third-order valence-electron chi connectivity index (χ3n) is 5.56.